The van der Waals surface area contributed by atoms with E-state index in [0.717, 1.165) is 26.1 Å². The highest BCUT2D eigenvalue weighted by atomic mass is 35.5. The zero-order chi connectivity index (χ0) is 17.6. The van der Waals surface area contributed by atoms with Crippen LogP contribution in [0.4, 0.5) is 14.9 Å². The Bertz CT molecular complexity index is 726. The second-order valence-corrected chi connectivity index (χ2v) is 6.57. The molecule has 0 atom stereocenters. The van der Waals surface area contributed by atoms with E-state index in [1.165, 1.54) is 23.8 Å². The van der Waals surface area contributed by atoms with Crippen LogP contribution < -0.4 is 5.32 Å². The summed E-state index contributed by atoms with van der Waals surface area (Å²) in [6.07, 6.45) is 0.921. The molecule has 1 saturated heterocycles. The van der Waals surface area contributed by atoms with E-state index in [9.17, 15) is 9.18 Å². The van der Waals surface area contributed by atoms with E-state index < -0.39 is 5.82 Å². The first-order chi connectivity index (χ1) is 12.1. The van der Waals surface area contributed by atoms with Crippen molar-refractivity contribution in [1.82, 2.24) is 9.80 Å². The fourth-order valence-corrected chi connectivity index (χ4v) is 3.13. The van der Waals surface area contributed by atoms with Gasteiger partial charge in [0, 0.05) is 38.4 Å². The molecule has 2 aromatic carbocycles. The van der Waals surface area contributed by atoms with Crippen LogP contribution in [0.15, 0.2) is 48.5 Å². The number of amides is 2. The third-order valence-electron chi connectivity index (χ3n) is 4.30. The predicted octanol–water partition coefficient (Wildman–Crippen LogP) is 4.22. The third kappa shape index (κ3) is 4.94. The van der Waals surface area contributed by atoms with Gasteiger partial charge in [-0.1, -0.05) is 41.9 Å². The smallest absolute Gasteiger partial charge is 0.321 e. The number of nitrogens with one attached hydrogen (secondary N) is 1. The summed E-state index contributed by atoms with van der Waals surface area (Å²) in [6.45, 7) is 4.04. The summed E-state index contributed by atoms with van der Waals surface area (Å²) in [5.41, 5.74) is 1.78. The lowest BCUT2D eigenvalue weighted by atomic mass is 10.2. The minimum atomic E-state index is -0.494. The Balaban J connectivity index is 1.55. The van der Waals surface area contributed by atoms with Gasteiger partial charge < -0.3 is 10.2 Å². The van der Waals surface area contributed by atoms with Crippen LogP contribution in [0.3, 0.4) is 0 Å². The van der Waals surface area contributed by atoms with Crippen molar-refractivity contribution in [3.05, 3.63) is 64.9 Å². The first-order valence-electron chi connectivity index (χ1n) is 8.39. The normalized spacial score (nSPS) is 15.7. The molecule has 0 spiro atoms. The second-order valence-electron chi connectivity index (χ2n) is 6.16. The highest BCUT2D eigenvalue weighted by Gasteiger charge is 2.19. The topological polar surface area (TPSA) is 35.6 Å². The zero-order valence-electron chi connectivity index (χ0n) is 13.9. The molecule has 132 valence electrons. The van der Waals surface area contributed by atoms with Crippen molar-refractivity contribution in [3.8, 4) is 0 Å². The van der Waals surface area contributed by atoms with Crippen molar-refractivity contribution in [3.63, 3.8) is 0 Å². The molecule has 1 N–H and O–H groups in total. The number of hydrogen-bond acceptors (Lipinski definition) is 2. The molecule has 2 aromatic rings. The fraction of sp³-hybridized carbons (Fsp3) is 0.316. The summed E-state index contributed by atoms with van der Waals surface area (Å²) in [6, 6.07) is 14.3. The molecule has 0 unspecified atom stereocenters. The maximum atomic E-state index is 13.2. The first-order valence-corrected chi connectivity index (χ1v) is 8.77. The summed E-state index contributed by atoms with van der Waals surface area (Å²) in [7, 11) is 0. The highest BCUT2D eigenvalue weighted by molar-refractivity contribution is 6.31. The third-order valence-corrected chi connectivity index (χ3v) is 4.59. The minimum Gasteiger partial charge on any atom is -0.323 e. The van der Waals surface area contributed by atoms with Gasteiger partial charge in [0.15, 0.2) is 0 Å². The van der Waals surface area contributed by atoms with Gasteiger partial charge in [0.1, 0.15) is 5.82 Å². The molecular formula is C19H21ClFN3O. The Morgan fingerprint density at radius 2 is 1.88 bits per heavy atom. The second kappa shape index (κ2) is 8.32. The van der Waals surface area contributed by atoms with E-state index in [1.54, 1.807) is 4.90 Å². The van der Waals surface area contributed by atoms with E-state index in [2.05, 4.69) is 22.3 Å². The zero-order valence-corrected chi connectivity index (χ0v) is 14.7. The van der Waals surface area contributed by atoms with Crippen LogP contribution in [0.1, 0.15) is 12.0 Å². The number of halogens is 2. The molecule has 2 amide bonds. The molecule has 3 rings (SSSR count). The van der Waals surface area contributed by atoms with E-state index in [4.69, 9.17) is 11.6 Å². The fourth-order valence-electron chi connectivity index (χ4n) is 2.95. The first kappa shape index (κ1) is 17.7. The number of nitrogens with zero attached hydrogens (tertiary/aromatic N) is 2. The monoisotopic (exact) mass is 361 g/mol. The average Bonchev–Trinajstić information content (AvgIpc) is 2.85. The van der Waals surface area contributed by atoms with E-state index >= 15 is 0 Å². The molecule has 1 aliphatic rings. The van der Waals surface area contributed by atoms with Crippen molar-refractivity contribution in [2.24, 2.45) is 0 Å². The number of carbonyl (C=O) groups is 1. The lowest BCUT2D eigenvalue weighted by molar-refractivity contribution is 0.211. The molecule has 1 aliphatic heterocycles. The summed E-state index contributed by atoms with van der Waals surface area (Å²) in [5.74, 6) is -0.494. The van der Waals surface area contributed by atoms with Crippen LogP contribution >= 0.6 is 11.6 Å². The van der Waals surface area contributed by atoms with Crippen LogP contribution in [-0.4, -0.2) is 42.0 Å². The van der Waals surface area contributed by atoms with Gasteiger partial charge in [-0.05, 0) is 30.2 Å². The quantitative estimate of drug-likeness (QED) is 0.888. The molecule has 1 fully saturated rings. The summed E-state index contributed by atoms with van der Waals surface area (Å²) in [5, 5.41) is 2.79. The van der Waals surface area contributed by atoms with Gasteiger partial charge in [0.05, 0.1) is 5.02 Å². The Morgan fingerprint density at radius 3 is 2.64 bits per heavy atom. The molecule has 0 aliphatic carbocycles. The predicted molar refractivity (Wildman–Crippen MR) is 98.3 cm³/mol. The van der Waals surface area contributed by atoms with Crippen LogP contribution in [0.25, 0.3) is 0 Å². The largest absolute Gasteiger partial charge is 0.323 e. The van der Waals surface area contributed by atoms with Gasteiger partial charge in [0.2, 0.25) is 0 Å². The Kier molecular flexibility index (Phi) is 5.89. The number of hydrogen-bond donors (Lipinski definition) is 1. The number of benzene rings is 2. The van der Waals surface area contributed by atoms with Crippen molar-refractivity contribution in [2.45, 2.75) is 13.0 Å². The lowest BCUT2D eigenvalue weighted by Gasteiger charge is -2.22. The molecule has 4 nitrogen and oxygen atoms in total. The maximum absolute atomic E-state index is 13.2. The Hall–Kier alpha value is -2.11. The molecule has 6 heteroatoms. The Labute approximate surface area is 152 Å². The lowest BCUT2D eigenvalue weighted by Crippen LogP contribution is -2.38. The van der Waals surface area contributed by atoms with E-state index in [1.807, 2.05) is 18.2 Å². The molecule has 0 aromatic heterocycles. The molecule has 25 heavy (non-hydrogen) atoms. The van der Waals surface area contributed by atoms with Crippen LogP contribution in [-0.2, 0) is 6.54 Å². The van der Waals surface area contributed by atoms with Crippen molar-refractivity contribution < 1.29 is 9.18 Å². The molecule has 0 saturated carbocycles. The Morgan fingerprint density at radius 1 is 1.08 bits per heavy atom. The van der Waals surface area contributed by atoms with Gasteiger partial charge in [-0.3, -0.25) is 4.90 Å². The van der Waals surface area contributed by atoms with Gasteiger partial charge in [0.25, 0.3) is 0 Å². The number of urea groups is 1. The summed E-state index contributed by atoms with van der Waals surface area (Å²) in [4.78, 5) is 16.6. The van der Waals surface area contributed by atoms with Gasteiger partial charge in [-0.25, -0.2) is 9.18 Å². The minimum absolute atomic E-state index is 0.00250. The van der Waals surface area contributed by atoms with Crippen molar-refractivity contribution >= 4 is 23.3 Å². The van der Waals surface area contributed by atoms with Crippen LogP contribution in [0.5, 0.6) is 0 Å². The highest BCUT2D eigenvalue weighted by Crippen LogP contribution is 2.20. The maximum Gasteiger partial charge on any atom is 0.321 e. The number of rotatable bonds is 3. The average molecular weight is 362 g/mol. The SMILES string of the molecule is O=C(Nc1ccc(F)c(Cl)c1)N1CCCN(Cc2ccccc2)CC1. The number of carbonyl (C=O) groups excluding carboxylic acids is 1. The van der Waals surface area contributed by atoms with Gasteiger partial charge >= 0.3 is 6.03 Å². The van der Waals surface area contributed by atoms with Crippen molar-refractivity contribution in [1.29, 1.82) is 0 Å². The van der Waals surface area contributed by atoms with Crippen LogP contribution in [0, 0.1) is 5.82 Å². The van der Waals surface area contributed by atoms with Gasteiger partial charge in [-0.15, -0.1) is 0 Å². The summed E-state index contributed by atoms with van der Waals surface area (Å²) >= 11 is 5.76. The molecule has 1 heterocycles. The van der Waals surface area contributed by atoms with Crippen molar-refractivity contribution in [2.75, 3.05) is 31.5 Å². The van der Waals surface area contributed by atoms with Gasteiger partial charge in [-0.2, -0.15) is 0 Å². The number of anilines is 1. The van der Waals surface area contributed by atoms with E-state index in [-0.39, 0.29) is 11.1 Å². The van der Waals surface area contributed by atoms with E-state index in [0.29, 0.717) is 18.8 Å². The summed E-state index contributed by atoms with van der Waals surface area (Å²) < 4.78 is 13.2. The molecule has 0 bridgehead atoms. The standard InChI is InChI=1S/C19H21ClFN3O/c20-17-13-16(7-8-18(17)21)22-19(25)24-10-4-9-23(11-12-24)14-15-5-2-1-3-6-15/h1-3,5-8,13H,4,9-12,14H2,(H,22,25). The molecular weight excluding hydrogens is 341 g/mol. The molecule has 0 radical (unpaired) electrons. The van der Waals surface area contributed by atoms with Crippen LogP contribution in [0.2, 0.25) is 5.02 Å².